The van der Waals surface area contributed by atoms with E-state index in [1.165, 1.54) is 54.6 Å². The topological polar surface area (TPSA) is 119 Å². The van der Waals surface area contributed by atoms with Crippen LogP contribution in [0.1, 0.15) is 26.3 Å². The molecule has 0 unspecified atom stereocenters. The molecule has 3 aromatic rings. The van der Waals surface area contributed by atoms with E-state index in [-0.39, 0.29) is 21.2 Å². The van der Waals surface area contributed by atoms with Crippen LogP contribution in [0.3, 0.4) is 0 Å². The van der Waals surface area contributed by atoms with Crippen LogP contribution in [0.4, 0.5) is 18.9 Å². The highest BCUT2D eigenvalue weighted by Crippen LogP contribution is 2.35. The van der Waals surface area contributed by atoms with Gasteiger partial charge in [-0.05, 0) is 36.4 Å². The Morgan fingerprint density at radius 1 is 0.737 bits per heavy atom. The molecule has 198 valence electrons. The van der Waals surface area contributed by atoms with Crippen LogP contribution < -0.4 is 5.32 Å². The third-order valence-corrected chi connectivity index (χ3v) is 5.58. The molecule has 2 atom stereocenters. The van der Waals surface area contributed by atoms with E-state index in [4.69, 9.17) is 32.7 Å². The summed E-state index contributed by atoms with van der Waals surface area (Å²) in [6, 6.07) is 14.6. The van der Waals surface area contributed by atoms with Crippen LogP contribution in [0.5, 0.6) is 0 Å². The molecule has 0 fully saturated rings. The predicted octanol–water partition coefficient (Wildman–Crippen LogP) is 5.49. The summed E-state index contributed by atoms with van der Waals surface area (Å²) in [6.07, 6.45) is -9.84. The molecule has 13 heteroatoms. The predicted molar refractivity (Wildman–Crippen MR) is 129 cm³/mol. The fourth-order valence-electron chi connectivity index (χ4n) is 3.15. The van der Waals surface area contributed by atoms with Crippen LogP contribution in [-0.4, -0.2) is 41.1 Å². The number of alkyl halides is 3. The minimum absolute atomic E-state index is 0.116. The largest absolute Gasteiger partial charge is 0.478 e. The molecule has 0 aromatic heterocycles. The number of rotatable bonds is 8. The zero-order valence-corrected chi connectivity index (χ0v) is 20.4. The molecule has 0 aliphatic rings. The lowest BCUT2D eigenvalue weighted by atomic mass is 10.1. The minimum Gasteiger partial charge on any atom is -0.478 e. The Hall–Kier alpha value is -4.09. The fourth-order valence-corrected chi connectivity index (χ4v) is 3.57. The highest BCUT2D eigenvalue weighted by atomic mass is 35.5. The Kier molecular flexibility index (Phi) is 8.97. The van der Waals surface area contributed by atoms with E-state index in [0.29, 0.717) is 6.07 Å². The van der Waals surface area contributed by atoms with Gasteiger partial charge in [-0.1, -0.05) is 59.6 Å². The molecule has 0 aliphatic carbocycles. The maximum atomic E-state index is 13.4. The quantitative estimate of drug-likeness (QED) is 0.344. The number of ether oxygens (including phenoxy) is 2. The van der Waals surface area contributed by atoms with Crippen molar-refractivity contribution >= 4 is 52.7 Å². The Bertz CT molecular complexity index is 1380. The van der Waals surface area contributed by atoms with Crippen LogP contribution in [0.25, 0.3) is 0 Å². The summed E-state index contributed by atoms with van der Waals surface area (Å²) in [5.41, 5.74) is -2.58. The number of carboxylic acid groups (broad SMARTS) is 1. The van der Waals surface area contributed by atoms with E-state index in [2.05, 4.69) is 0 Å². The molecule has 3 aromatic carbocycles. The molecular weight excluding hydrogens is 554 g/mol. The summed E-state index contributed by atoms with van der Waals surface area (Å²) in [5, 5.41) is 11.4. The summed E-state index contributed by atoms with van der Waals surface area (Å²) in [7, 11) is 0. The van der Waals surface area contributed by atoms with E-state index < -0.39 is 53.5 Å². The van der Waals surface area contributed by atoms with Gasteiger partial charge in [0.2, 0.25) is 12.2 Å². The van der Waals surface area contributed by atoms with Gasteiger partial charge in [-0.2, -0.15) is 13.2 Å². The van der Waals surface area contributed by atoms with Gasteiger partial charge in [0.1, 0.15) is 0 Å². The summed E-state index contributed by atoms with van der Waals surface area (Å²) in [6.45, 7) is 0. The van der Waals surface area contributed by atoms with Crippen LogP contribution in [-0.2, 0) is 25.2 Å². The van der Waals surface area contributed by atoms with Gasteiger partial charge in [0.05, 0.1) is 32.4 Å². The second-order valence-corrected chi connectivity index (χ2v) is 8.30. The molecule has 0 radical (unpaired) electrons. The molecule has 0 saturated carbocycles. The fraction of sp³-hybridized carbons (Fsp3) is 0.120. The van der Waals surface area contributed by atoms with Crippen LogP contribution in [0.2, 0.25) is 10.0 Å². The minimum atomic E-state index is -4.89. The zero-order chi connectivity index (χ0) is 28.0. The van der Waals surface area contributed by atoms with Gasteiger partial charge in [-0.3, -0.25) is 4.79 Å². The Balaban J connectivity index is 2.00. The first-order chi connectivity index (χ1) is 17.9. The molecule has 8 nitrogen and oxygen atoms in total. The normalized spacial score (nSPS) is 12.7. The van der Waals surface area contributed by atoms with Gasteiger partial charge in [0, 0.05) is 0 Å². The first-order valence-corrected chi connectivity index (χ1v) is 11.3. The molecule has 0 saturated heterocycles. The van der Waals surface area contributed by atoms with Crippen molar-refractivity contribution in [2.45, 2.75) is 18.4 Å². The second kappa shape index (κ2) is 12.0. The average molecular weight is 570 g/mol. The van der Waals surface area contributed by atoms with Gasteiger partial charge in [-0.25, -0.2) is 14.4 Å². The number of anilines is 1. The molecule has 3 rings (SSSR count). The third kappa shape index (κ3) is 6.81. The summed E-state index contributed by atoms with van der Waals surface area (Å²) in [5.74, 6) is -6.08. The van der Waals surface area contributed by atoms with E-state index >= 15 is 0 Å². The lowest BCUT2D eigenvalue weighted by Gasteiger charge is -2.24. The van der Waals surface area contributed by atoms with Crippen LogP contribution in [0.15, 0.2) is 72.8 Å². The molecule has 0 heterocycles. The average Bonchev–Trinajstić information content (AvgIpc) is 2.85. The molecule has 0 spiro atoms. The summed E-state index contributed by atoms with van der Waals surface area (Å²) < 4.78 is 50.3. The van der Waals surface area contributed by atoms with Crippen molar-refractivity contribution in [2.24, 2.45) is 0 Å². The highest BCUT2D eigenvalue weighted by molar-refractivity contribution is 6.34. The SMILES string of the molecule is O=C(O[C@H](C(=O)O)[C@H](OC(=O)c1ccccc1Cl)C(=O)Nc1ccccc1C(F)(F)F)c1ccccc1Cl. The van der Waals surface area contributed by atoms with E-state index in [1.807, 2.05) is 5.32 Å². The van der Waals surface area contributed by atoms with Gasteiger partial charge in [-0.15, -0.1) is 0 Å². The number of amides is 1. The van der Waals surface area contributed by atoms with Crippen molar-refractivity contribution in [2.75, 3.05) is 5.32 Å². The molecule has 38 heavy (non-hydrogen) atoms. The van der Waals surface area contributed by atoms with Gasteiger partial charge >= 0.3 is 24.1 Å². The van der Waals surface area contributed by atoms with Crippen molar-refractivity contribution in [3.63, 3.8) is 0 Å². The number of aliphatic carboxylic acids is 1. The molecule has 1 amide bonds. The standard InChI is InChI=1S/C25H16Cl2F3NO7/c26-16-10-4-1-7-13(16)23(35)37-19(21(32)31-18-12-6-3-9-15(18)25(28,29)30)20(22(33)34)38-24(36)14-8-2-5-11-17(14)27/h1-12,19-20H,(H,31,32)(H,33,34)/t19-,20-/m0/s1. The smallest absolute Gasteiger partial charge is 0.418 e. The Morgan fingerprint density at radius 3 is 1.66 bits per heavy atom. The number of benzene rings is 3. The molecule has 0 bridgehead atoms. The van der Waals surface area contributed by atoms with Crippen molar-refractivity contribution in [1.29, 1.82) is 0 Å². The zero-order valence-electron chi connectivity index (χ0n) is 18.9. The van der Waals surface area contributed by atoms with Gasteiger partial charge in [0.25, 0.3) is 5.91 Å². The van der Waals surface area contributed by atoms with Gasteiger partial charge in [0.15, 0.2) is 0 Å². The second-order valence-electron chi connectivity index (χ2n) is 7.48. The Morgan fingerprint density at radius 2 is 1.18 bits per heavy atom. The van der Waals surface area contributed by atoms with Crippen LogP contribution >= 0.6 is 23.2 Å². The third-order valence-electron chi connectivity index (χ3n) is 4.92. The lowest BCUT2D eigenvalue weighted by molar-refractivity contribution is -0.157. The first-order valence-electron chi connectivity index (χ1n) is 10.5. The van der Waals surface area contributed by atoms with E-state index in [9.17, 15) is 37.5 Å². The highest BCUT2D eigenvalue weighted by Gasteiger charge is 2.42. The van der Waals surface area contributed by atoms with E-state index in [0.717, 1.165) is 12.1 Å². The van der Waals surface area contributed by atoms with Crippen molar-refractivity contribution in [3.05, 3.63) is 99.5 Å². The lowest BCUT2D eigenvalue weighted by Crippen LogP contribution is -2.48. The summed E-state index contributed by atoms with van der Waals surface area (Å²) in [4.78, 5) is 50.6. The number of halogens is 5. The van der Waals surface area contributed by atoms with Gasteiger partial charge < -0.3 is 19.9 Å². The monoisotopic (exact) mass is 569 g/mol. The molecule has 2 N–H and O–H groups in total. The first kappa shape index (κ1) is 28.5. The number of carbonyl (C=O) groups is 4. The molecule has 0 aliphatic heterocycles. The maximum absolute atomic E-state index is 13.4. The number of para-hydroxylation sites is 1. The van der Waals surface area contributed by atoms with Crippen LogP contribution in [0, 0.1) is 0 Å². The number of hydrogen-bond donors (Lipinski definition) is 2. The number of nitrogens with one attached hydrogen (secondary N) is 1. The van der Waals surface area contributed by atoms with E-state index in [1.54, 1.807) is 0 Å². The van der Waals surface area contributed by atoms with Crippen molar-refractivity contribution in [1.82, 2.24) is 0 Å². The van der Waals surface area contributed by atoms with Crippen molar-refractivity contribution in [3.8, 4) is 0 Å². The van der Waals surface area contributed by atoms with Crippen molar-refractivity contribution < 1.29 is 46.9 Å². The Labute approximate surface area is 222 Å². The maximum Gasteiger partial charge on any atom is 0.418 e. The number of carboxylic acids is 1. The number of esters is 2. The number of carbonyl (C=O) groups excluding carboxylic acids is 3. The molecular formula is C25H16Cl2F3NO7. The summed E-state index contributed by atoms with van der Waals surface area (Å²) >= 11 is 11.9. The number of hydrogen-bond acceptors (Lipinski definition) is 6.